The summed E-state index contributed by atoms with van der Waals surface area (Å²) in [7, 11) is 2.02. The van der Waals surface area contributed by atoms with Gasteiger partial charge in [-0.15, -0.1) is 11.3 Å². The molecule has 0 N–H and O–H groups in total. The van der Waals surface area contributed by atoms with Crippen molar-refractivity contribution in [1.82, 2.24) is 15.0 Å². The van der Waals surface area contributed by atoms with Crippen LogP contribution >= 0.6 is 27.3 Å². The van der Waals surface area contributed by atoms with Crippen LogP contribution < -0.4 is 4.90 Å². The van der Waals surface area contributed by atoms with Gasteiger partial charge in [0.1, 0.15) is 16.2 Å². The van der Waals surface area contributed by atoms with Crippen molar-refractivity contribution in [2.24, 2.45) is 0 Å². The summed E-state index contributed by atoms with van der Waals surface area (Å²) in [5.74, 6) is 1.74. The molecule has 0 unspecified atom stereocenters. The van der Waals surface area contributed by atoms with E-state index < -0.39 is 0 Å². The first-order valence-corrected chi connectivity index (χ1v) is 8.10. The molecule has 2 aromatic heterocycles. The molecule has 20 heavy (non-hydrogen) atoms. The number of thiazole rings is 1. The van der Waals surface area contributed by atoms with Crippen molar-refractivity contribution in [2.75, 3.05) is 11.9 Å². The fraction of sp³-hybridized carbons (Fsp3) is 0.500. The van der Waals surface area contributed by atoms with Crippen molar-refractivity contribution in [3.63, 3.8) is 0 Å². The van der Waals surface area contributed by atoms with Gasteiger partial charge in [0.05, 0.1) is 17.2 Å². The summed E-state index contributed by atoms with van der Waals surface area (Å²) in [4.78, 5) is 15.7. The van der Waals surface area contributed by atoms with Crippen molar-refractivity contribution in [3.05, 3.63) is 32.6 Å². The van der Waals surface area contributed by atoms with Crippen LogP contribution in [0.3, 0.4) is 0 Å². The molecule has 0 aliphatic heterocycles. The van der Waals surface area contributed by atoms with Crippen molar-refractivity contribution in [1.29, 1.82) is 0 Å². The molecule has 0 bridgehead atoms. The Bertz CT molecular complexity index is 603. The van der Waals surface area contributed by atoms with Gasteiger partial charge in [-0.1, -0.05) is 20.8 Å². The van der Waals surface area contributed by atoms with Crippen LogP contribution in [0.1, 0.15) is 37.3 Å². The molecule has 2 rings (SSSR count). The molecular formula is C14H19BrN4S. The lowest BCUT2D eigenvalue weighted by Crippen LogP contribution is -2.22. The Morgan fingerprint density at radius 2 is 1.95 bits per heavy atom. The summed E-state index contributed by atoms with van der Waals surface area (Å²) in [5.41, 5.74) is 0.999. The summed E-state index contributed by atoms with van der Waals surface area (Å²) in [6, 6.07) is 1.94. The number of hydrogen-bond acceptors (Lipinski definition) is 5. The first-order chi connectivity index (χ1) is 9.25. The average Bonchev–Trinajstić information content (AvgIpc) is 2.72. The SMILES string of the molecule is Cc1nc(CN(C)c2cc(Br)nc(C(C)(C)C)n2)cs1. The number of aromatic nitrogens is 3. The van der Waals surface area contributed by atoms with E-state index in [0.717, 1.165) is 33.5 Å². The van der Waals surface area contributed by atoms with Crippen LogP contribution in [-0.4, -0.2) is 22.0 Å². The minimum Gasteiger partial charge on any atom is -0.354 e. The zero-order valence-electron chi connectivity index (χ0n) is 12.4. The topological polar surface area (TPSA) is 41.9 Å². The highest BCUT2D eigenvalue weighted by molar-refractivity contribution is 9.10. The third kappa shape index (κ3) is 3.76. The Balaban J connectivity index is 2.25. The Hall–Kier alpha value is -1.01. The zero-order valence-corrected chi connectivity index (χ0v) is 14.8. The predicted molar refractivity (Wildman–Crippen MR) is 87.4 cm³/mol. The molecule has 0 radical (unpaired) electrons. The highest BCUT2D eigenvalue weighted by Gasteiger charge is 2.19. The van der Waals surface area contributed by atoms with E-state index in [9.17, 15) is 0 Å². The molecule has 6 heteroatoms. The third-order valence-electron chi connectivity index (χ3n) is 2.81. The zero-order chi connectivity index (χ0) is 14.9. The van der Waals surface area contributed by atoms with Crippen molar-refractivity contribution >= 4 is 33.1 Å². The van der Waals surface area contributed by atoms with Gasteiger partial charge in [-0.05, 0) is 22.9 Å². The number of rotatable bonds is 3. The van der Waals surface area contributed by atoms with Gasteiger partial charge >= 0.3 is 0 Å². The molecule has 0 aliphatic rings. The number of nitrogens with zero attached hydrogens (tertiary/aromatic N) is 4. The smallest absolute Gasteiger partial charge is 0.137 e. The molecule has 4 nitrogen and oxygen atoms in total. The van der Waals surface area contributed by atoms with Gasteiger partial charge in [-0.2, -0.15) is 0 Å². The molecule has 0 saturated carbocycles. The fourth-order valence-electron chi connectivity index (χ4n) is 1.74. The largest absolute Gasteiger partial charge is 0.354 e. The van der Waals surface area contributed by atoms with E-state index >= 15 is 0 Å². The second-order valence-electron chi connectivity index (χ2n) is 5.84. The molecule has 0 atom stereocenters. The van der Waals surface area contributed by atoms with E-state index in [-0.39, 0.29) is 5.41 Å². The Labute approximate surface area is 132 Å². The molecule has 2 heterocycles. The Morgan fingerprint density at radius 3 is 2.50 bits per heavy atom. The van der Waals surface area contributed by atoms with E-state index in [1.165, 1.54) is 0 Å². The van der Waals surface area contributed by atoms with Crippen LogP contribution in [0, 0.1) is 6.92 Å². The molecule has 108 valence electrons. The maximum Gasteiger partial charge on any atom is 0.137 e. The van der Waals surface area contributed by atoms with Gasteiger partial charge in [-0.25, -0.2) is 15.0 Å². The lowest BCUT2D eigenvalue weighted by Gasteiger charge is -2.22. The van der Waals surface area contributed by atoms with Crippen LogP contribution in [0.2, 0.25) is 0 Å². The van der Waals surface area contributed by atoms with Crippen molar-refractivity contribution < 1.29 is 0 Å². The molecule has 0 spiro atoms. The summed E-state index contributed by atoms with van der Waals surface area (Å²) in [6.45, 7) is 9.11. The molecule has 0 aliphatic carbocycles. The average molecular weight is 355 g/mol. The number of aryl methyl sites for hydroxylation is 1. The lowest BCUT2D eigenvalue weighted by atomic mass is 9.96. The maximum atomic E-state index is 4.67. The molecule has 0 saturated heterocycles. The van der Waals surface area contributed by atoms with Crippen LogP contribution in [0.4, 0.5) is 5.82 Å². The Kier molecular flexibility index (Phi) is 4.44. The first kappa shape index (κ1) is 15.4. The summed E-state index contributed by atoms with van der Waals surface area (Å²) >= 11 is 5.14. The lowest BCUT2D eigenvalue weighted by molar-refractivity contribution is 0.542. The van der Waals surface area contributed by atoms with E-state index in [4.69, 9.17) is 0 Å². The molecule has 0 aromatic carbocycles. The van der Waals surface area contributed by atoms with Gasteiger partial charge in [0.15, 0.2) is 0 Å². The van der Waals surface area contributed by atoms with E-state index in [0.29, 0.717) is 0 Å². The van der Waals surface area contributed by atoms with E-state index in [2.05, 4.69) is 61.9 Å². The van der Waals surface area contributed by atoms with Crippen molar-refractivity contribution in [3.8, 4) is 0 Å². The minimum absolute atomic E-state index is 0.0728. The normalized spacial score (nSPS) is 11.7. The highest BCUT2D eigenvalue weighted by Crippen LogP contribution is 2.24. The second kappa shape index (κ2) is 5.77. The van der Waals surface area contributed by atoms with Gasteiger partial charge < -0.3 is 4.90 Å². The molecule has 0 amide bonds. The number of anilines is 1. The van der Waals surface area contributed by atoms with Gasteiger partial charge in [0.25, 0.3) is 0 Å². The molecule has 2 aromatic rings. The van der Waals surface area contributed by atoms with Crippen LogP contribution in [0.25, 0.3) is 0 Å². The number of hydrogen-bond donors (Lipinski definition) is 0. The van der Waals surface area contributed by atoms with Crippen molar-refractivity contribution in [2.45, 2.75) is 39.7 Å². The minimum atomic E-state index is -0.0728. The second-order valence-corrected chi connectivity index (χ2v) is 7.71. The standard InChI is InChI=1S/C14H19BrN4S/c1-9-16-10(8-20-9)7-19(5)12-6-11(15)17-13(18-12)14(2,3)4/h6,8H,7H2,1-5H3. The van der Waals surface area contributed by atoms with Gasteiger partial charge in [0, 0.05) is 23.9 Å². The summed E-state index contributed by atoms with van der Waals surface area (Å²) in [6.07, 6.45) is 0. The molecule has 0 fully saturated rings. The third-order valence-corrected chi connectivity index (χ3v) is 4.04. The molecular weight excluding hydrogens is 336 g/mol. The monoisotopic (exact) mass is 354 g/mol. The van der Waals surface area contributed by atoms with Gasteiger partial charge in [0.2, 0.25) is 0 Å². The summed E-state index contributed by atoms with van der Waals surface area (Å²) in [5, 5.41) is 3.18. The quantitative estimate of drug-likeness (QED) is 0.782. The van der Waals surface area contributed by atoms with Gasteiger partial charge in [-0.3, -0.25) is 0 Å². The fourth-order valence-corrected chi connectivity index (χ4v) is 2.72. The van der Waals surface area contributed by atoms with E-state index in [1.807, 2.05) is 20.0 Å². The summed E-state index contributed by atoms with van der Waals surface area (Å²) < 4.78 is 0.814. The number of halogens is 1. The van der Waals surface area contributed by atoms with Crippen LogP contribution in [0.15, 0.2) is 16.0 Å². The van der Waals surface area contributed by atoms with Crippen LogP contribution in [0.5, 0.6) is 0 Å². The van der Waals surface area contributed by atoms with Crippen LogP contribution in [-0.2, 0) is 12.0 Å². The highest BCUT2D eigenvalue weighted by atomic mass is 79.9. The Morgan fingerprint density at radius 1 is 1.25 bits per heavy atom. The predicted octanol–water partition coefficient (Wildman–Crippen LogP) is 3.94. The maximum absolute atomic E-state index is 4.67. The van der Waals surface area contributed by atoms with E-state index in [1.54, 1.807) is 11.3 Å². The first-order valence-electron chi connectivity index (χ1n) is 6.43.